The number of nitrogens with one attached hydrogen (secondary N) is 1. The standard InChI is InChI=1S/C17H19BrN2S/c1-2-7-19-11-13-3-4-16-14(10-13)5-8-20(16)12-17-15(18)6-9-21-17/h3-6,8-10,19H,2,7,11-12H2,1H3. The van der Waals surface area contributed by atoms with E-state index < -0.39 is 0 Å². The van der Waals surface area contributed by atoms with Gasteiger partial charge in [0.25, 0.3) is 0 Å². The molecule has 1 aromatic carbocycles. The molecule has 4 heteroatoms. The molecule has 0 saturated carbocycles. The van der Waals surface area contributed by atoms with Crippen molar-refractivity contribution >= 4 is 38.2 Å². The Labute approximate surface area is 137 Å². The van der Waals surface area contributed by atoms with Crippen LogP contribution >= 0.6 is 27.3 Å². The first-order valence-electron chi connectivity index (χ1n) is 7.28. The highest BCUT2D eigenvalue weighted by molar-refractivity contribution is 9.10. The lowest BCUT2D eigenvalue weighted by atomic mass is 10.1. The van der Waals surface area contributed by atoms with Crippen LogP contribution in [0.2, 0.25) is 0 Å². The molecule has 0 aliphatic rings. The van der Waals surface area contributed by atoms with Gasteiger partial charge in [0.1, 0.15) is 0 Å². The summed E-state index contributed by atoms with van der Waals surface area (Å²) < 4.78 is 3.52. The molecular weight excluding hydrogens is 344 g/mol. The Morgan fingerprint density at radius 3 is 2.90 bits per heavy atom. The van der Waals surface area contributed by atoms with E-state index in [9.17, 15) is 0 Å². The minimum absolute atomic E-state index is 0.926. The third kappa shape index (κ3) is 3.39. The zero-order chi connectivity index (χ0) is 14.7. The number of nitrogens with zero attached hydrogens (tertiary/aromatic N) is 1. The van der Waals surface area contributed by atoms with Crippen LogP contribution in [0.25, 0.3) is 10.9 Å². The number of aromatic nitrogens is 1. The van der Waals surface area contributed by atoms with Crippen molar-refractivity contribution in [3.8, 4) is 0 Å². The van der Waals surface area contributed by atoms with E-state index in [1.54, 1.807) is 11.3 Å². The molecule has 0 bridgehead atoms. The van der Waals surface area contributed by atoms with Gasteiger partial charge in [-0.15, -0.1) is 11.3 Å². The van der Waals surface area contributed by atoms with E-state index in [1.165, 1.54) is 32.2 Å². The maximum absolute atomic E-state index is 3.61. The first-order valence-corrected chi connectivity index (χ1v) is 8.95. The lowest BCUT2D eigenvalue weighted by molar-refractivity contribution is 0.676. The second-order valence-corrected chi connectivity index (χ2v) is 7.06. The fourth-order valence-corrected chi connectivity index (χ4v) is 3.98. The van der Waals surface area contributed by atoms with Gasteiger partial charge in [0.05, 0.1) is 6.54 Å². The maximum atomic E-state index is 3.61. The van der Waals surface area contributed by atoms with Crippen LogP contribution in [0.4, 0.5) is 0 Å². The summed E-state index contributed by atoms with van der Waals surface area (Å²) in [6.45, 7) is 5.14. The predicted molar refractivity (Wildman–Crippen MR) is 95.1 cm³/mol. The van der Waals surface area contributed by atoms with Gasteiger partial charge in [0.15, 0.2) is 0 Å². The largest absolute Gasteiger partial charge is 0.342 e. The molecule has 3 aromatic rings. The Bertz CT molecular complexity index is 729. The monoisotopic (exact) mass is 362 g/mol. The Kier molecular flexibility index (Phi) is 4.78. The van der Waals surface area contributed by atoms with Gasteiger partial charge in [-0.1, -0.05) is 13.0 Å². The van der Waals surface area contributed by atoms with Gasteiger partial charge in [-0.3, -0.25) is 0 Å². The normalized spacial score (nSPS) is 11.3. The lowest BCUT2D eigenvalue weighted by Gasteiger charge is -2.07. The highest BCUT2D eigenvalue weighted by Gasteiger charge is 2.06. The first-order chi connectivity index (χ1) is 10.3. The maximum Gasteiger partial charge on any atom is 0.0580 e. The molecule has 2 aromatic heterocycles. The molecule has 0 amide bonds. The fraction of sp³-hybridized carbons (Fsp3) is 0.294. The highest BCUT2D eigenvalue weighted by Crippen LogP contribution is 2.26. The second-order valence-electron chi connectivity index (χ2n) is 5.21. The van der Waals surface area contributed by atoms with E-state index in [-0.39, 0.29) is 0 Å². The average molecular weight is 363 g/mol. The molecule has 3 rings (SSSR count). The summed E-state index contributed by atoms with van der Waals surface area (Å²) in [5, 5.41) is 6.90. The molecular formula is C17H19BrN2S. The van der Waals surface area contributed by atoms with Gasteiger partial charge in [0, 0.05) is 27.6 Å². The van der Waals surface area contributed by atoms with E-state index >= 15 is 0 Å². The molecule has 0 saturated heterocycles. The zero-order valence-electron chi connectivity index (χ0n) is 12.1. The van der Waals surface area contributed by atoms with Gasteiger partial charge in [0.2, 0.25) is 0 Å². The molecule has 1 N–H and O–H groups in total. The van der Waals surface area contributed by atoms with Crippen molar-refractivity contribution in [1.29, 1.82) is 0 Å². The van der Waals surface area contributed by atoms with Crippen LogP contribution in [0.1, 0.15) is 23.8 Å². The van der Waals surface area contributed by atoms with Crippen molar-refractivity contribution < 1.29 is 0 Å². The molecule has 21 heavy (non-hydrogen) atoms. The number of hydrogen-bond donors (Lipinski definition) is 1. The quantitative estimate of drug-likeness (QED) is 0.609. The number of benzene rings is 1. The van der Waals surface area contributed by atoms with Gasteiger partial charge in [-0.05, 0) is 69.5 Å². The van der Waals surface area contributed by atoms with Gasteiger partial charge in [-0.25, -0.2) is 0 Å². The van der Waals surface area contributed by atoms with E-state index in [4.69, 9.17) is 0 Å². The molecule has 0 spiro atoms. The number of fused-ring (bicyclic) bond motifs is 1. The minimum Gasteiger partial charge on any atom is -0.342 e. The van der Waals surface area contributed by atoms with Crippen LogP contribution in [-0.4, -0.2) is 11.1 Å². The van der Waals surface area contributed by atoms with Crippen molar-refractivity contribution in [3.63, 3.8) is 0 Å². The molecule has 2 heterocycles. The van der Waals surface area contributed by atoms with Crippen LogP contribution in [0.3, 0.4) is 0 Å². The SMILES string of the molecule is CCCNCc1ccc2c(ccn2Cc2sccc2Br)c1. The predicted octanol–water partition coefficient (Wildman–Crippen LogP) is 5.01. The fourth-order valence-electron chi connectivity index (χ4n) is 2.50. The summed E-state index contributed by atoms with van der Waals surface area (Å²) >= 11 is 5.41. The van der Waals surface area contributed by atoms with Crippen LogP contribution in [0.5, 0.6) is 0 Å². The molecule has 0 aliphatic heterocycles. The van der Waals surface area contributed by atoms with Crippen LogP contribution < -0.4 is 5.32 Å². The van der Waals surface area contributed by atoms with Crippen LogP contribution in [0.15, 0.2) is 46.4 Å². The summed E-state index contributed by atoms with van der Waals surface area (Å²) in [6.07, 6.45) is 3.36. The summed E-state index contributed by atoms with van der Waals surface area (Å²) in [5.74, 6) is 0. The van der Waals surface area contributed by atoms with Crippen molar-refractivity contribution in [2.24, 2.45) is 0 Å². The van der Waals surface area contributed by atoms with Gasteiger partial charge in [-0.2, -0.15) is 0 Å². The van der Waals surface area contributed by atoms with Crippen molar-refractivity contribution in [3.05, 3.63) is 56.8 Å². The Morgan fingerprint density at radius 2 is 2.14 bits per heavy atom. The smallest absolute Gasteiger partial charge is 0.0580 e. The number of thiophene rings is 1. The van der Waals surface area contributed by atoms with Crippen LogP contribution in [0, 0.1) is 0 Å². The van der Waals surface area contributed by atoms with Crippen molar-refractivity contribution in [2.45, 2.75) is 26.4 Å². The first kappa shape index (κ1) is 14.8. The Morgan fingerprint density at radius 1 is 1.24 bits per heavy atom. The molecule has 0 aliphatic carbocycles. The number of halogens is 1. The molecule has 0 fully saturated rings. The highest BCUT2D eigenvalue weighted by atomic mass is 79.9. The average Bonchev–Trinajstić information content (AvgIpc) is 3.07. The van der Waals surface area contributed by atoms with E-state index in [2.05, 4.69) is 74.6 Å². The lowest BCUT2D eigenvalue weighted by Crippen LogP contribution is -2.13. The van der Waals surface area contributed by atoms with Crippen molar-refractivity contribution in [1.82, 2.24) is 9.88 Å². The summed E-state index contributed by atoms with van der Waals surface area (Å²) in [5.41, 5.74) is 2.65. The Hall–Kier alpha value is -1.10. The third-order valence-corrected chi connectivity index (χ3v) is 5.51. The molecule has 0 radical (unpaired) electrons. The zero-order valence-corrected chi connectivity index (χ0v) is 14.5. The summed E-state index contributed by atoms with van der Waals surface area (Å²) in [6, 6.07) is 11.1. The summed E-state index contributed by atoms with van der Waals surface area (Å²) in [7, 11) is 0. The topological polar surface area (TPSA) is 17.0 Å². The minimum atomic E-state index is 0.926. The van der Waals surface area contributed by atoms with Gasteiger partial charge >= 0.3 is 0 Å². The molecule has 110 valence electrons. The third-order valence-electron chi connectivity index (χ3n) is 3.60. The Balaban J connectivity index is 1.81. The molecule has 0 unspecified atom stereocenters. The molecule has 2 nitrogen and oxygen atoms in total. The van der Waals surface area contributed by atoms with Crippen molar-refractivity contribution in [2.75, 3.05) is 6.54 Å². The summed E-state index contributed by atoms with van der Waals surface area (Å²) in [4.78, 5) is 1.36. The molecule has 0 atom stereocenters. The van der Waals surface area contributed by atoms with E-state index in [0.29, 0.717) is 0 Å². The van der Waals surface area contributed by atoms with E-state index in [1.807, 2.05) is 0 Å². The second kappa shape index (κ2) is 6.77. The van der Waals surface area contributed by atoms with E-state index in [0.717, 1.165) is 19.6 Å². The van der Waals surface area contributed by atoms with Gasteiger partial charge < -0.3 is 9.88 Å². The van der Waals surface area contributed by atoms with Crippen LogP contribution in [-0.2, 0) is 13.1 Å². The number of rotatable bonds is 6. The number of hydrogen-bond acceptors (Lipinski definition) is 2.